The molecule has 1 aliphatic heterocycles. The highest BCUT2D eigenvalue weighted by molar-refractivity contribution is 7.99. The maximum atomic E-state index is 12.8. The number of carbonyl (C=O) groups excluding carboxylic acids is 1. The first-order valence-corrected chi connectivity index (χ1v) is 12.6. The molecule has 0 unspecified atom stereocenters. The van der Waals surface area contributed by atoms with Gasteiger partial charge in [0.1, 0.15) is 0 Å². The van der Waals surface area contributed by atoms with Crippen molar-refractivity contribution in [1.82, 2.24) is 4.31 Å². The largest absolute Gasteiger partial charge is 0.369 e. The van der Waals surface area contributed by atoms with Gasteiger partial charge in [-0.05, 0) is 55.3 Å². The number of carbonyl (C=O) groups is 1. The van der Waals surface area contributed by atoms with Crippen LogP contribution < -0.4 is 10.2 Å². The van der Waals surface area contributed by atoms with Gasteiger partial charge in [-0.1, -0.05) is 11.6 Å². The summed E-state index contributed by atoms with van der Waals surface area (Å²) in [5.74, 6) is 1.76. The van der Waals surface area contributed by atoms with E-state index in [2.05, 4.69) is 10.2 Å². The van der Waals surface area contributed by atoms with Crippen molar-refractivity contribution in [2.75, 3.05) is 48.9 Å². The lowest BCUT2D eigenvalue weighted by atomic mass is 10.1. The number of rotatable bonds is 5. The van der Waals surface area contributed by atoms with Gasteiger partial charge in [0.25, 0.3) is 5.91 Å². The quantitative estimate of drug-likeness (QED) is 0.719. The Bertz CT molecular complexity index is 1070. The number of sulfonamides is 1. The van der Waals surface area contributed by atoms with Gasteiger partial charge in [-0.2, -0.15) is 11.8 Å². The van der Waals surface area contributed by atoms with E-state index in [1.807, 2.05) is 23.9 Å². The second-order valence-corrected chi connectivity index (χ2v) is 11.2. The zero-order valence-electron chi connectivity index (χ0n) is 17.5. The number of hydrogen-bond donors (Lipinski definition) is 1. The van der Waals surface area contributed by atoms with Gasteiger partial charge in [-0.3, -0.25) is 4.79 Å². The third kappa shape index (κ3) is 4.77. The van der Waals surface area contributed by atoms with Crippen LogP contribution in [0.25, 0.3) is 0 Å². The molecule has 1 saturated heterocycles. The van der Waals surface area contributed by atoms with E-state index in [0.717, 1.165) is 40.2 Å². The third-order valence-corrected chi connectivity index (χ3v) is 8.38. The Kier molecular flexibility index (Phi) is 7.02. The lowest BCUT2D eigenvalue weighted by molar-refractivity contribution is 0.102. The van der Waals surface area contributed by atoms with E-state index in [4.69, 9.17) is 11.6 Å². The number of nitrogens with one attached hydrogen (secondary N) is 1. The molecule has 1 amide bonds. The van der Waals surface area contributed by atoms with Crippen molar-refractivity contribution < 1.29 is 13.2 Å². The van der Waals surface area contributed by atoms with Crippen LogP contribution in [-0.4, -0.2) is 57.3 Å². The van der Waals surface area contributed by atoms with E-state index in [1.165, 1.54) is 20.2 Å². The van der Waals surface area contributed by atoms with Crippen LogP contribution in [-0.2, 0) is 10.0 Å². The first kappa shape index (κ1) is 22.9. The highest BCUT2D eigenvalue weighted by Gasteiger charge is 2.23. The molecule has 2 aromatic carbocycles. The van der Waals surface area contributed by atoms with Crippen LogP contribution in [0.1, 0.15) is 21.5 Å². The Balaban J connectivity index is 1.86. The number of hydrogen-bond acceptors (Lipinski definition) is 5. The third-order valence-electron chi connectivity index (χ3n) is 5.20. The fourth-order valence-corrected chi connectivity index (χ4v) is 5.69. The maximum Gasteiger partial charge on any atom is 0.255 e. The minimum absolute atomic E-state index is 0.133. The molecule has 0 aromatic heterocycles. The van der Waals surface area contributed by atoms with Crippen molar-refractivity contribution in [2.45, 2.75) is 18.7 Å². The summed E-state index contributed by atoms with van der Waals surface area (Å²) in [5, 5.41) is 3.41. The van der Waals surface area contributed by atoms with Gasteiger partial charge in [0.05, 0.1) is 15.6 Å². The zero-order valence-corrected chi connectivity index (χ0v) is 19.9. The van der Waals surface area contributed by atoms with Gasteiger partial charge in [-0.15, -0.1) is 0 Å². The molecule has 162 valence electrons. The zero-order chi connectivity index (χ0) is 22.1. The van der Waals surface area contributed by atoms with E-state index in [0.29, 0.717) is 16.3 Å². The number of aryl methyl sites for hydroxylation is 1. The molecule has 0 saturated carbocycles. The molecular formula is C21H26ClN3O3S2. The maximum absolute atomic E-state index is 12.8. The molecule has 1 heterocycles. The average molecular weight is 468 g/mol. The number of amides is 1. The number of benzene rings is 2. The van der Waals surface area contributed by atoms with E-state index < -0.39 is 10.0 Å². The van der Waals surface area contributed by atoms with Crippen molar-refractivity contribution >= 4 is 50.7 Å². The topological polar surface area (TPSA) is 69.7 Å². The van der Waals surface area contributed by atoms with Crippen LogP contribution in [0.4, 0.5) is 11.4 Å². The van der Waals surface area contributed by atoms with E-state index >= 15 is 0 Å². The molecule has 6 nitrogen and oxygen atoms in total. The summed E-state index contributed by atoms with van der Waals surface area (Å²) in [6.07, 6.45) is 0. The highest BCUT2D eigenvalue weighted by atomic mass is 35.5. The van der Waals surface area contributed by atoms with Crippen molar-refractivity contribution in [3.63, 3.8) is 0 Å². The molecule has 0 atom stereocenters. The average Bonchev–Trinajstić information content (AvgIpc) is 2.70. The molecular weight excluding hydrogens is 442 g/mol. The standard InChI is InChI=1S/C21H26ClN3O3S2/c1-14-11-16(12-20(15(14)2)30(27,28)24(3)4)21(26)23-17-5-6-19(18(22)13-17)25-7-9-29-10-8-25/h5-6,11-13H,7-10H2,1-4H3,(H,23,26). The van der Waals surface area contributed by atoms with Crippen LogP contribution in [0.5, 0.6) is 0 Å². The van der Waals surface area contributed by atoms with Crippen LogP contribution in [0.15, 0.2) is 35.2 Å². The number of thioether (sulfide) groups is 1. The fourth-order valence-electron chi connectivity index (χ4n) is 3.27. The van der Waals surface area contributed by atoms with Crippen molar-refractivity contribution in [3.05, 3.63) is 52.0 Å². The first-order chi connectivity index (χ1) is 14.1. The Morgan fingerprint density at radius 2 is 1.80 bits per heavy atom. The van der Waals surface area contributed by atoms with Gasteiger partial charge in [-0.25, -0.2) is 12.7 Å². The Morgan fingerprint density at radius 1 is 1.13 bits per heavy atom. The van der Waals surface area contributed by atoms with Gasteiger partial charge < -0.3 is 10.2 Å². The summed E-state index contributed by atoms with van der Waals surface area (Å²) < 4.78 is 26.4. The molecule has 0 radical (unpaired) electrons. The minimum Gasteiger partial charge on any atom is -0.369 e. The monoisotopic (exact) mass is 467 g/mol. The molecule has 3 rings (SSSR count). The van der Waals surface area contributed by atoms with Gasteiger partial charge in [0.15, 0.2) is 0 Å². The summed E-state index contributed by atoms with van der Waals surface area (Å²) in [6.45, 7) is 5.43. The second-order valence-electron chi connectivity index (χ2n) is 7.42. The lowest BCUT2D eigenvalue weighted by Crippen LogP contribution is -2.32. The molecule has 30 heavy (non-hydrogen) atoms. The molecule has 9 heteroatoms. The summed E-state index contributed by atoms with van der Waals surface area (Å²) in [7, 11) is -0.711. The van der Waals surface area contributed by atoms with Crippen molar-refractivity contribution in [3.8, 4) is 0 Å². The number of anilines is 2. The highest BCUT2D eigenvalue weighted by Crippen LogP contribution is 2.31. The normalized spacial score (nSPS) is 14.8. The Morgan fingerprint density at radius 3 is 2.40 bits per heavy atom. The molecule has 0 bridgehead atoms. The van der Waals surface area contributed by atoms with Crippen molar-refractivity contribution in [1.29, 1.82) is 0 Å². The molecule has 1 N–H and O–H groups in total. The number of halogens is 1. The second kappa shape index (κ2) is 9.18. The first-order valence-electron chi connectivity index (χ1n) is 9.58. The van der Waals surface area contributed by atoms with Crippen LogP contribution in [0.2, 0.25) is 5.02 Å². The van der Waals surface area contributed by atoms with Gasteiger partial charge in [0.2, 0.25) is 10.0 Å². The molecule has 0 aliphatic carbocycles. The van der Waals surface area contributed by atoms with Crippen LogP contribution in [0, 0.1) is 13.8 Å². The molecule has 1 aliphatic rings. The summed E-state index contributed by atoms with van der Waals surface area (Å²) in [5.41, 5.74) is 3.18. The molecule has 2 aromatic rings. The minimum atomic E-state index is -3.66. The Hall–Kier alpha value is -1.74. The predicted octanol–water partition coefficient (Wildman–Crippen LogP) is 4.01. The van der Waals surface area contributed by atoms with Crippen LogP contribution in [0.3, 0.4) is 0 Å². The van der Waals surface area contributed by atoms with E-state index in [-0.39, 0.29) is 16.4 Å². The summed E-state index contributed by atoms with van der Waals surface area (Å²) in [4.78, 5) is 15.2. The predicted molar refractivity (Wildman–Crippen MR) is 126 cm³/mol. The smallest absolute Gasteiger partial charge is 0.255 e. The molecule has 1 fully saturated rings. The van der Waals surface area contributed by atoms with E-state index in [9.17, 15) is 13.2 Å². The fraction of sp³-hybridized carbons (Fsp3) is 0.381. The lowest BCUT2D eigenvalue weighted by Gasteiger charge is -2.29. The van der Waals surface area contributed by atoms with Crippen LogP contribution >= 0.6 is 23.4 Å². The summed E-state index contributed by atoms with van der Waals surface area (Å²) >= 11 is 8.40. The van der Waals surface area contributed by atoms with Gasteiger partial charge >= 0.3 is 0 Å². The van der Waals surface area contributed by atoms with Crippen molar-refractivity contribution in [2.24, 2.45) is 0 Å². The van der Waals surface area contributed by atoms with Gasteiger partial charge in [0, 0.05) is 49.9 Å². The SMILES string of the molecule is Cc1cc(C(=O)Nc2ccc(N3CCSCC3)c(Cl)c2)cc(S(=O)(=O)N(C)C)c1C. The Labute approximate surface area is 187 Å². The number of nitrogens with zero attached hydrogens (tertiary/aromatic N) is 2. The summed E-state index contributed by atoms with van der Waals surface area (Å²) in [6, 6.07) is 8.58. The molecule has 0 spiro atoms. The van der Waals surface area contributed by atoms with E-state index in [1.54, 1.807) is 26.0 Å².